The molecule has 0 unspecified atom stereocenters. The molecule has 0 bridgehead atoms. The number of hydrogen-bond acceptors (Lipinski definition) is 3. The summed E-state index contributed by atoms with van der Waals surface area (Å²) in [6.07, 6.45) is 1.87. The van der Waals surface area contributed by atoms with Gasteiger partial charge in [-0.1, -0.05) is 54.1 Å². The van der Waals surface area contributed by atoms with Crippen LogP contribution < -0.4 is 10.1 Å². The quantitative estimate of drug-likeness (QED) is 0.414. The van der Waals surface area contributed by atoms with Gasteiger partial charge in [0.1, 0.15) is 12.4 Å². The molecule has 4 aromatic rings. The Kier molecular flexibility index (Phi) is 6.36. The first-order chi connectivity index (χ1) is 15.5. The maximum absolute atomic E-state index is 12.8. The van der Waals surface area contributed by atoms with Gasteiger partial charge in [0.05, 0.1) is 6.54 Å². The second-order valence-electron chi connectivity index (χ2n) is 8.04. The number of nitrogens with zero attached hydrogens (tertiary/aromatic N) is 2. The van der Waals surface area contributed by atoms with E-state index in [1.165, 1.54) is 16.7 Å². The van der Waals surface area contributed by atoms with Crippen LogP contribution in [0.5, 0.6) is 5.75 Å². The van der Waals surface area contributed by atoms with E-state index < -0.39 is 0 Å². The molecule has 1 amide bonds. The number of aryl methyl sites for hydroxylation is 3. The van der Waals surface area contributed by atoms with Crippen molar-refractivity contribution < 1.29 is 9.53 Å². The Morgan fingerprint density at radius 1 is 0.938 bits per heavy atom. The van der Waals surface area contributed by atoms with Gasteiger partial charge in [-0.25, -0.2) is 0 Å². The smallest absolute Gasteiger partial charge is 0.256 e. The van der Waals surface area contributed by atoms with Crippen molar-refractivity contribution in [3.05, 3.63) is 112 Å². The molecular weight excluding hydrogens is 398 g/mol. The zero-order valence-corrected chi connectivity index (χ0v) is 18.6. The van der Waals surface area contributed by atoms with E-state index in [1.807, 2.05) is 66.3 Å². The molecule has 0 aliphatic heterocycles. The maximum Gasteiger partial charge on any atom is 0.256 e. The van der Waals surface area contributed by atoms with E-state index in [4.69, 9.17) is 4.74 Å². The Labute approximate surface area is 188 Å². The normalized spacial score (nSPS) is 10.7. The molecule has 0 fully saturated rings. The highest BCUT2D eigenvalue weighted by Crippen LogP contribution is 2.20. The second kappa shape index (κ2) is 9.52. The lowest BCUT2D eigenvalue weighted by Gasteiger charge is -2.11. The predicted octanol–water partition coefficient (Wildman–Crippen LogP) is 5.69. The number of rotatable bonds is 7. The van der Waals surface area contributed by atoms with E-state index in [0.717, 1.165) is 16.9 Å². The van der Waals surface area contributed by atoms with E-state index in [1.54, 1.807) is 6.07 Å². The molecule has 1 aromatic heterocycles. The molecular formula is C27H27N3O2. The number of ether oxygens (including phenoxy) is 1. The average molecular weight is 426 g/mol. The fourth-order valence-corrected chi connectivity index (χ4v) is 3.59. The SMILES string of the molecule is Cc1ccc(OCc2cccc(C(=O)Nc3ccn(Cc4ccccc4C)n3)c2)c(C)c1. The molecule has 0 spiro atoms. The number of nitrogens with one attached hydrogen (secondary N) is 1. The van der Waals surface area contributed by atoms with Crippen LogP contribution in [-0.4, -0.2) is 15.7 Å². The lowest BCUT2D eigenvalue weighted by molar-refractivity contribution is 0.102. The van der Waals surface area contributed by atoms with Gasteiger partial charge in [-0.3, -0.25) is 9.48 Å². The summed E-state index contributed by atoms with van der Waals surface area (Å²) < 4.78 is 7.78. The van der Waals surface area contributed by atoms with Crippen LogP contribution in [0.1, 0.15) is 38.2 Å². The van der Waals surface area contributed by atoms with Crippen LogP contribution in [0, 0.1) is 20.8 Å². The Hall–Kier alpha value is -3.86. The number of amides is 1. The average Bonchev–Trinajstić information content (AvgIpc) is 3.21. The van der Waals surface area contributed by atoms with E-state index in [0.29, 0.717) is 24.5 Å². The number of anilines is 1. The molecule has 0 saturated heterocycles. The first-order valence-corrected chi connectivity index (χ1v) is 10.7. The van der Waals surface area contributed by atoms with E-state index in [2.05, 4.69) is 42.5 Å². The van der Waals surface area contributed by atoms with Gasteiger partial charge in [-0.15, -0.1) is 0 Å². The predicted molar refractivity (Wildman–Crippen MR) is 127 cm³/mol. The molecule has 5 heteroatoms. The van der Waals surface area contributed by atoms with E-state index in [9.17, 15) is 4.79 Å². The highest BCUT2D eigenvalue weighted by molar-refractivity contribution is 6.03. The first-order valence-electron chi connectivity index (χ1n) is 10.7. The van der Waals surface area contributed by atoms with Gasteiger partial charge >= 0.3 is 0 Å². The zero-order valence-electron chi connectivity index (χ0n) is 18.6. The summed E-state index contributed by atoms with van der Waals surface area (Å²) in [5.74, 6) is 1.18. The molecule has 1 N–H and O–H groups in total. The van der Waals surface area contributed by atoms with Crippen molar-refractivity contribution >= 4 is 11.7 Å². The topological polar surface area (TPSA) is 56.1 Å². The summed E-state index contributed by atoms with van der Waals surface area (Å²) in [4.78, 5) is 12.8. The molecule has 162 valence electrons. The third-order valence-corrected chi connectivity index (χ3v) is 5.39. The van der Waals surface area contributed by atoms with Crippen LogP contribution >= 0.6 is 0 Å². The molecule has 0 atom stereocenters. The monoisotopic (exact) mass is 425 g/mol. The fraction of sp³-hybridized carbons (Fsp3) is 0.185. The highest BCUT2D eigenvalue weighted by Gasteiger charge is 2.10. The minimum atomic E-state index is -0.195. The third kappa shape index (κ3) is 5.24. The lowest BCUT2D eigenvalue weighted by atomic mass is 10.1. The summed E-state index contributed by atoms with van der Waals surface area (Å²) >= 11 is 0. The van der Waals surface area contributed by atoms with Gasteiger partial charge in [0.25, 0.3) is 5.91 Å². The van der Waals surface area contributed by atoms with Crippen molar-refractivity contribution in [1.29, 1.82) is 0 Å². The van der Waals surface area contributed by atoms with Crippen molar-refractivity contribution in [2.75, 3.05) is 5.32 Å². The molecule has 1 heterocycles. The summed E-state index contributed by atoms with van der Waals surface area (Å²) in [7, 11) is 0. The zero-order chi connectivity index (χ0) is 22.5. The Morgan fingerprint density at radius 2 is 1.78 bits per heavy atom. The van der Waals surface area contributed by atoms with Crippen molar-refractivity contribution in [2.45, 2.75) is 33.9 Å². The number of carbonyl (C=O) groups excluding carboxylic acids is 1. The number of benzene rings is 3. The summed E-state index contributed by atoms with van der Waals surface area (Å²) in [5.41, 5.74) is 6.22. The molecule has 0 aliphatic carbocycles. The Balaban J connectivity index is 1.39. The van der Waals surface area contributed by atoms with Crippen LogP contribution in [0.2, 0.25) is 0 Å². The number of hydrogen-bond donors (Lipinski definition) is 1. The minimum absolute atomic E-state index is 0.195. The molecule has 5 nitrogen and oxygen atoms in total. The minimum Gasteiger partial charge on any atom is -0.489 e. The fourth-order valence-electron chi connectivity index (χ4n) is 3.59. The van der Waals surface area contributed by atoms with Crippen LogP contribution in [0.4, 0.5) is 5.82 Å². The van der Waals surface area contributed by atoms with Crippen molar-refractivity contribution in [3.63, 3.8) is 0 Å². The molecule has 0 radical (unpaired) electrons. The maximum atomic E-state index is 12.8. The van der Waals surface area contributed by atoms with Crippen molar-refractivity contribution in [3.8, 4) is 5.75 Å². The molecule has 32 heavy (non-hydrogen) atoms. The van der Waals surface area contributed by atoms with Crippen LogP contribution in [0.15, 0.2) is 79.0 Å². The summed E-state index contributed by atoms with van der Waals surface area (Å²) in [6, 6.07) is 23.6. The third-order valence-electron chi connectivity index (χ3n) is 5.39. The standard InChI is InChI=1S/C27H27N3O2/c1-19-11-12-25(21(3)15-19)32-18-22-8-6-10-23(16-22)27(31)28-26-13-14-30(29-26)17-24-9-5-4-7-20(24)2/h4-16H,17-18H2,1-3H3,(H,28,29,31). The molecule has 0 aliphatic rings. The molecule has 0 saturated carbocycles. The van der Waals surface area contributed by atoms with Gasteiger partial charge in [0.2, 0.25) is 0 Å². The van der Waals surface area contributed by atoms with Gasteiger partial charge in [0.15, 0.2) is 5.82 Å². The van der Waals surface area contributed by atoms with E-state index >= 15 is 0 Å². The highest BCUT2D eigenvalue weighted by atomic mass is 16.5. The van der Waals surface area contributed by atoms with Gasteiger partial charge < -0.3 is 10.1 Å². The lowest BCUT2D eigenvalue weighted by Crippen LogP contribution is -2.13. The van der Waals surface area contributed by atoms with Crippen LogP contribution in [-0.2, 0) is 13.2 Å². The Morgan fingerprint density at radius 3 is 2.59 bits per heavy atom. The van der Waals surface area contributed by atoms with E-state index in [-0.39, 0.29) is 5.91 Å². The summed E-state index contributed by atoms with van der Waals surface area (Å²) in [5, 5.41) is 7.37. The number of carbonyl (C=O) groups is 1. The summed E-state index contributed by atoms with van der Waals surface area (Å²) in [6.45, 7) is 7.23. The number of aromatic nitrogens is 2. The van der Waals surface area contributed by atoms with Crippen molar-refractivity contribution in [1.82, 2.24) is 9.78 Å². The van der Waals surface area contributed by atoms with Crippen LogP contribution in [0.3, 0.4) is 0 Å². The van der Waals surface area contributed by atoms with Gasteiger partial charge in [-0.2, -0.15) is 5.10 Å². The second-order valence-corrected chi connectivity index (χ2v) is 8.04. The first kappa shape index (κ1) is 21.4. The molecule has 4 rings (SSSR count). The van der Waals surface area contributed by atoms with Gasteiger partial charge in [0, 0.05) is 17.8 Å². The van der Waals surface area contributed by atoms with Gasteiger partial charge in [-0.05, 0) is 61.2 Å². The van der Waals surface area contributed by atoms with Crippen LogP contribution in [0.25, 0.3) is 0 Å². The Bertz CT molecular complexity index is 1240. The largest absolute Gasteiger partial charge is 0.489 e. The molecule has 3 aromatic carbocycles. The van der Waals surface area contributed by atoms with Crippen molar-refractivity contribution in [2.24, 2.45) is 0 Å².